The van der Waals surface area contributed by atoms with Crippen LogP contribution in [-0.4, -0.2) is 34.2 Å². The molecule has 222 valence electrons. The maximum atomic E-state index is 15.2. The zero-order valence-corrected chi connectivity index (χ0v) is 26.8. The number of rotatable bonds is 10. The fraction of sp³-hybridized carbons (Fsp3) is 0.686. The fourth-order valence-electron chi connectivity index (χ4n) is 7.39. The normalized spacial score (nSPS) is 31.5. The van der Waals surface area contributed by atoms with Gasteiger partial charge in [0.2, 0.25) is 0 Å². The van der Waals surface area contributed by atoms with Gasteiger partial charge in [0.05, 0.1) is 11.0 Å². The molecule has 2 fully saturated rings. The van der Waals surface area contributed by atoms with Crippen LogP contribution in [0, 0.1) is 28.1 Å². The fourth-order valence-corrected chi connectivity index (χ4v) is 7.39. The minimum Gasteiger partial charge on any atom is -0.490 e. The molecule has 1 N–H and O–H groups in total. The molecule has 3 rings (SSSR count). The molecule has 0 aromatic heterocycles. The van der Waals surface area contributed by atoms with E-state index in [1.807, 2.05) is 40.7 Å². The lowest BCUT2D eigenvalue weighted by atomic mass is 9.38. The van der Waals surface area contributed by atoms with Crippen LogP contribution >= 0.6 is 0 Å². The summed E-state index contributed by atoms with van der Waals surface area (Å²) in [7, 11) is 0. The number of hydrogen-bond acceptors (Lipinski definition) is 5. The Hall–Kier alpha value is -2.27. The molecular formula is C35H52O5. The van der Waals surface area contributed by atoms with Crippen LogP contribution in [0.1, 0.15) is 115 Å². The maximum Gasteiger partial charge on any atom is 0.184 e. The molecule has 0 aromatic rings. The van der Waals surface area contributed by atoms with Gasteiger partial charge in [-0.15, -0.1) is 0 Å². The Kier molecular flexibility index (Phi) is 9.02. The van der Waals surface area contributed by atoms with E-state index in [1.54, 1.807) is 27.7 Å². The van der Waals surface area contributed by atoms with Gasteiger partial charge in [-0.1, -0.05) is 55.7 Å². The van der Waals surface area contributed by atoms with Crippen LogP contribution in [0.15, 0.2) is 46.3 Å². The van der Waals surface area contributed by atoms with E-state index in [4.69, 9.17) is 4.74 Å². The van der Waals surface area contributed by atoms with Crippen molar-refractivity contribution in [2.45, 2.75) is 126 Å². The molecule has 2 aliphatic carbocycles. The van der Waals surface area contributed by atoms with Crippen LogP contribution in [0.4, 0.5) is 0 Å². The molecule has 0 unspecified atom stereocenters. The number of fused-ring (bicyclic) bond motifs is 1. The number of carbonyl (C=O) groups is 3. The van der Waals surface area contributed by atoms with Crippen molar-refractivity contribution >= 4 is 17.3 Å². The van der Waals surface area contributed by atoms with Crippen molar-refractivity contribution in [2.75, 3.05) is 0 Å². The summed E-state index contributed by atoms with van der Waals surface area (Å²) >= 11 is 0. The molecule has 0 aromatic carbocycles. The average molecular weight is 553 g/mol. The van der Waals surface area contributed by atoms with Gasteiger partial charge >= 0.3 is 0 Å². The average Bonchev–Trinajstić information content (AvgIpc) is 3.21. The second-order valence-electron chi connectivity index (χ2n) is 14.4. The Balaban J connectivity index is 2.45. The van der Waals surface area contributed by atoms with E-state index >= 15 is 9.59 Å². The second kappa shape index (κ2) is 11.2. The Labute approximate surface area is 242 Å². The number of ether oxygens (including phenoxy) is 1. The Bertz CT molecular complexity index is 1180. The number of aliphatic hydroxyl groups is 1. The predicted octanol–water partition coefficient (Wildman–Crippen LogP) is 7.64. The van der Waals surface area contributed by atoms with Crippen molar-refractivity contribution in [3.8, 4) is 0 Å². The highest BCUT2D eigenvalue weighted by atomic mass is 16.5. The van der Waals surface area contributed by atoms with E-state index in [0.717, 1.165) is 5.57 Å². The third-order valence-corrected chi connectivity index (χ3v) is 9.67. The summed E-state index contributed by atoms with van der Waals surface area (Å²) in [6.07, 6.45) is 8.67. The highest BCUT2D eigenvalue weighted by Crippen LogP contribution is 2.70. The van der Waals surface area contributed by atoms with Gasteiger partial charge in [-0.3, -0.25) is 14.4 Å². The van der Waals surface area contributed by atoms with Gasteiger partial charge in [0.1, 0.15) is 11.9 Å². The molecule has 0 amide bonds. The van der Waals surface area contributed by atoms with Crippen LogP contribution in [0.2, 0.25) is 0 Å². The number of ketones is 3. The molecule has 5 heteroatoms. The zero-order chi connectivity index (χ0) is 30.4. The molecule has 2 bridgehead atoms. The topological polar surface area (TPSA) is 80.7 Å². The summed E-state index contributed by atoms with van der Waals surface area (Å²) in [5.41, 5.74) is -1.16. The molecule has 40 heavy (non-hydrogen) atoms. The molecule has 1 saturated heterocycles. The van der Waals surface area contributed by atoms with E-state index in [1.165, 1.54) is 11.1 Å². The lowest BCUT2D eigenvalue weighted by molar-refractivity contribution is -0.178. The highest BCUT2D eigenvalue weighted by molar-refractivity contribution is 6.33. The van der Waals surface area contributed by atoms with Crippen LogP contribution in [-0.2, 0) is 19.1 Å². The smallest absolute Gasteiger partial charge is 0.184 e. The molecular weight excluding hydrogens is 500 g/mol. The van der Waals surface area contributed by atoms with Crippen LogP contribution < -0.4 is 0 Å². The van der Waals surface area contributed by atoms with Crippen molar-refractivity contribution < 1.29 is 24.2 Å². The van der Waals surface area contributed by atoms with E-state index < -0.39 is 33.9 Å². The maximum absolute atomic E-state index is 15.2. The lowest BCUT2D eigenvalue weighted by Gasteiger charge is -2.60. The third kappa shape index (κ3) is 5.12. The Morgan fingerprint density at radius 1 is 1.00 bits per heavy atom. The first-order valence-corrected chi connectivity index (χ1v) is 15.0. The quantitative estimate of drug-likeness (QED) is 0.223. The SMILES string of the molecule is CC(C)=CCC[C@]1(C)[C@@H](CC=C(C)C)C[C@]23C[C@H](C(C)(C)O)OC2=C(CC=C(C)C)C(=O)[C@@]1(C(=O)C(C)C)C3=O. The van der Waals surface area contributed by atoms with E-state index in [9.17, 15) is 9.90 Å². The summed E-state index contributed by atoms with van der Waals surface area (Å²) in [5, 5.41) is 11.1. The number of Topliss-reactive ketones (excluding diaryl/α,β-unsaturated/α-hetero) is 3. The summed E-state index contributed by atoms with van der Waals surface area (Å²) in [6.45, 7) is 21.2. The molecule has 1 aliphatic heterocycles. The zero-order valence-electron chi connectivity index (χ0n) is 26.8. The van der Waals surface area contributed by atoms with Crippen molar-refractivity contribution in [2.24, 2.45) is 28.1 Å². The monoisotopic (exact) mass is 552 g/mol. The van der Waals surface area contributed by atoms with Crippen LogP contribution in [0.25, 0.3) is 0 Å². The van der Waals surface area contributed by atoms with Crippen molar-refractivity contribution in [3.05, 3.63) is 46.3 Å². The Morgan fingerprint density at radius 2 is 1.57 bits per heavy atom. The molecule has 1 saturated carbocycles. The third-order valence-electron chi connectivity index (χ3n) is 9.67. The summed E-state index contributed by atoms with van der Waals surface area (Å²) in [5.74, 6) is -1.12. The van der Waals surface area contributed by atoms with Crippen molar-refractivity contribution in [3.63, 3.8) is 0 Å². The minimum absolute atomic E-state index is 0.0959. The molecule has 1 spiro atoms. The summed E-state index contributed by atoms with van der Waals surface area (Å²) in [6, 6.07) is 0. The van der Waals surface area contributed by atoms with Gasteiger partial charge in [0.25, 0.3) is 0 Å². The molecule has 5 atom stereocenters. The number of carbonyl (C=O) groups excluding carboxylic acids is 3. The van der Waals surface area contributed by atoms with Gasteiger partial charge in [0.15, 0.2) is 22.8 Å². The van der Waals surface area contributed by atoms with E-state index in [0.29, 0.717) is 43.4 Å². The van der Waals surface area contributed by atoms with Gasteiger partial charge in [-0.2, -0.15) is 0 Å². The predicted molar refractivity (Wildman–Crippen MR) is 161 cm³/mol. The van der Waals surface area contributed by atoms with Crippen LogP contribution in [0.5, 0.6) is 0 Å². The Morgan fingerprint density at radius 3 is 2.08 bits per heavy atom. The molecule has 3 aliphatic rings. The van der Waals surface area contributed by atoms with Gasteiger partial charge < -0.3 is 9.84 Å². The summed E-state index contributed by atoms with van der Waals surface area (Å²) < 4.78 is 6.45. The largest absolute Gasteiger partial charge is 0.490 e. The first kappa shape index (κ1) is 32.2. The van der Waals surface area contributed by atoms with Crippen LogP contribution in [0.3, 0.4) is 0 Å². The molecule has 1 heterocycles. The van der Waals surface area contributed by atoms with Gasteiger partial charge in [0, 0.05) is 17.9 Å². The molecule has 0 radical (unpaired) electrons. The van der Waals surface area contributed by atoms with Crippen molar-refractivity contribution in [1.29, 1.82) is 0 Å². The highest BCUT2D eigenvalue weighted by Gasteiger charge is 2.78. The van der Waals surface area contributed by atoms with E-state index in [2.05, 4.69) is 26.0 Å². The van der Waals surface area contributed by atoms with Gasteiger partial charge in [-0.25, -0.2) is 0 Å². The second-order valence-corrected chi connectivity index (χ2v) is 14.4. The number of hydrogen-bond donors (Lipinski definition) is 1. The first-order chi connectivity index (χ1) is 18.4. The lowest BCUT2D eigenvalue weighted by Crippen LogP contribution is -2.70. The standard InChI is InChI=1S/C35H52O5/c1-21(2)13-12-18-33(11)25(16-14-22(3)4)19-34-20-27(32(9,10)39)40-30(34)26(17-15-23(5)6)29(37)35(33,31(34)38)28(36)24(7)8/h13-15,24-25,27,39H,12,16-20H2,1-11H3/t25-,27+,33+,34-,35-/m0/s1. The van der Waals surface area contributed by atoms with Gasteiger partial charge in [-0.05, 0) is 98.8 Å². The minimum atomic E-state index is -1.79. The number of allylic oxidation sites excluding steroid dienone is 8. The van der Waals surface area contributed by atoms with Crippen molar-refractivity contribution in [1.82, 2.24) is 0 Å². The summed E-state index contributed by atoms with van der Waals surface area (Å²) in [4.78, 5) is 44.8. The van der Waals surface area contributed by atoms with E-state index in [-0.39, 0.29) is 29.7 Å². The molecule has 5 nitrogen and oxygen atoms in total. The first-order valence-electron chi connectivity index (χ1n) is 15.0.